The zero-order valence-corrected chi connectivity index (χ0v) is 22.2. The maximum atomic E-state index is 13.0. The molecule has 0 aliphatic rings. The number of pyridine rings is 1. The molecule has 3 N–H and O–H groups in total. The molecule has 2 heterocycles. The van der Waals surface area contributed by atoms with Crippen molar-refractivity contribution in [2.24, 2.45) is 0 Å². The number of aryl methyl sites for hydroxylation is 3. The van der Waals surface area contributed by atoms with Crippen molar-refractivity contribution in [1.82, 2.24) is 15.5 Å². The Morgan fingerprint density at radius 2 is 1.84 bits per heavy atom. The van der Waals surface area contributed by atoms with Crippen molar-refractivity contribution in [2.75, 3.05) is 5.32 Å². The van der Waals surface area contributed by atoms with E-state index in [2.05, 4.69) is 20.8 Å². The minimum atomic E-state index is -1.11. The number of hydrogen-bond donors (Lipinski definition) is 3. The number of carbonyl (C=O) groups excluding carboxylic acids is 1. The Hall–Kier alpha value is -4.17. The van der Waals surface area contributed by atoms with Gasteiger partial charge in [0.25, 0.3) is 5.91 Å². The highest BCUT2D eigenvalue weighted by Crippen LogP contribution is 2.23. The van der Waals surface area contributed by atoms with Crippen molar-refractivity contribution in [1.29, 1.82) is 0 Å². The van der Waals surface area contributed by atoms with Crippen LogP contribution in [0.25, 0.3) is 11.3 Å². The van der Waals surface area contributed by atoms with Crippen LogP contribution < -0.4 is 10.6 Å². The van der Waals surface area contributed by atoms with Crippen molar-refractivity contribution >= 4 is 29.3 Å². The van der Waals surface area contributed by atoms with E-state index in [0.717, 1.165) is 28.1 Å². The zero-order valence-electron chi connectivity index (χ0n) is 21.4. The number of nitrogens with zero attached hydrogens (tertiary/aromatic N) is 2. The number of benzene rings is 2. The number of anilines is 1. The van der Waals surface area contributed by atoms with Crippen molar-refractivity contribution in [3.05, 3.63) is 99.4 Å². The van der Waals surface area contributed by atoms with Gasteiger partial charge in [0.2, 0.25) is 0 Å². The summed E-state index contributed by atoms with van der Waals surface area (Å²) in [5, 5.41) is 20.4. The average molecular weight is 533 g/mol. The van der Waals surface area contributed by atoms with E-state index in [0.29, 0.717) is 40.6 Å². The van der Waals surface area contributed by atoms with Crippen LogP contribution in [0.1, 0.15) is 45.3 Å². The normalized spacial score (nSPS) is 11.7. The summed E-state index contributed by atoms with van der Waals surface area (Å²) in [6.45, 7) is 6.15. The molecule has 1 amide bonds. The summed E-state index contributed by atoms with van der Waals surface area (Å²) in [5.74, 6) is -0.122. The maximum absolute atomic E-state index is 13.0. The molecular weight excluding hydrogens is 504 g/mol. The highest BCUT2D eigenvalue weighted by atomic mass is 35.5. The van der Waals surface area contributed by atoms with E-state index in [1.54, 1.807) is 25.3 Å². The van der Waals surface area contributed by atoms with Crippen molar-refractivity contribution in [3.8, 4) is 11.3 Å². The van der Waals surface area contributed by atoms with Gasteiger partial charge in [-0.05, 0) is 66.8 Å². The molecule has 4 rings (SSSR count). The highest BCUT2D eigenvalue weighted by Gasteiger charge is 2.24. The number of carbonyl (C=O) groups is 2. The average Bonchev–Trinajstić information content (AvgIpc) is 3.36. The lowest BCUT2D eigenvalue weighted by Gasteiger charge is -2.18. The van der Waals surface area contributed by atoms with Crippen molar-refractivity contribution in [2.45, 2.75) is 46.2 Å². The highest BCUT2D eigenvalue weighted by molar-refractivity contribution is 6.30. The Morgan fingerprint density at radius 1 is 1.08 bits per heavy atom. The summed E-state index contributed by atoms with van der Waals surface area (Å²) >= 11 is 6.13. The molecule has 8 nitrogen and oxygen atoms in total. The van der Waals surface area contributed by atoms with E-state index in [1.807, 2.05) is 56.3 Å². The third-order valence-electron chi connectivity index (χ3n) is 6.20. The van der Waals surface area contributed by atoms with E-state index in [9.17, 15) is 14.7 Å². The lowest BCUT2D eigenvalue weighted by atomic mass is 9.98. The summed E-state index contributed by atoms with van der Waals surface area (Å²) in [7, 11) is 0. The van der Waals surface area contributed by atoms with Gasteiger partial charge in [-0.1, -0.05) is 47.9 Å². The third-order valence-corrected chi connectivity index (χ3v) is 6.42. The van der Waals surface area contributed by atoms with Crippen LogP contribution in [0.2, 0.25) is 5.02 Å². The fourth-order valence-corrected chi connectivity index (χ4v) is 4.53. The Bertz CT molecular complexity index is 1450. The SMILES string of the molecule is CCc1cc(Cl)cc(C)c1C(=O)NC(Cc1ccc(-c2cc(CNc3cc(C)ccn3)on2)cc1)C(=O)O. The number of nitrogens with one attached hydrogen (secondary N) is 2. The second kappa shape index (κ2) is 11.9. The van der Waals surface area contributed by atoms with Crippen LogP contribution in [-0.4, -0.2) is 33.2 Å². The Labute approximate surface area is 226 Å². The first-order valence-corrected chi connectivity index (χ1v) is 12.7. The van der Waals surface area contributed by atoms with E-state index in [-0.39, 0.29) is 6.42 Å². The summed E-state index contributed by atoms with van der Waals surface area (Å²) in [4.78, 5) is 29.3. The van der Waals surface area contributed by atoms with Gasteiger partial charge in [0, 0.05) is 34.8 Å². The van der Waals surface area contributed by atoms with Crippen LogP contribution in [0.15, 0.2) is 65.3 Å². The van der Waals surface area contributed by atoms with Gasteiger partial charge in [-0.15, -0.1) is 0 Å². The molecular formula is C29H29ClN4O4. The second-order valence-corrected chi connectivity index (χ2v) is 9.56. The van der Waals surface area contributed by atoms with Gasteiger partial charge in [0.15, 0.2) is 5.76 Å². The van der Waals surface area contributed by atoms with Crippen LogP contribution in [0.4, 0.5) is 5.82 Å². The quantitative estimate of drug-likeness (QED) is 0.243. The molecule has 0 aliphatic heterocycles. The molecule has 0 spiro atoms. The molecule has 2 aromatic heterocycles. The minimum Gasteiger partial charge on any atom is -0.480 e. The Balaban J connectivity index is 1.41. The van der Waals surface area contributed by atoms with Crippen LogP contribution in [0.5, 0.6) is 0 Å². The number of amides is 1. The molecule has 0 bridgehead atoms. The summed E-state index contributed by atoms with van der Waals surface area (Å²) in [5.41, 5.74) is 5.32. The van der Waals surface area contributed by atoms with Crippen molar-refractivity contribution in [3.63, 3.8) is 0 Å². The number of rotatable bonds is 10. The first-order valence-electron chi connectivity index (χ1n) is 12.3. The third kappa shape index (κ3) is 6.58. The predicted octanol–water partition coefficient (Wildman–Crippen LogP) is 5.61. The van der Waals surface area contributed by atoms with Crippen LogP contribution >= 0.6 is 11.6 Å². The topological polar surface area (TPSA) is 117 Å². The van der Waals surface area contributed by atoms with E-state index in [4.69, 9.17) is 16.1 Å². The molecule has 38 heavy (non-hydrogen) atoms. The van der Waals surface area contributed by atoms with Crippen molar-refractivity contribution < 1.29 is 19.2 Å². The monoisotopic (exact) mass is 532 g/mol. The number of aromatic nitrogens is 2. The lowest BCUT2D eigenvalue weighted by Crippen LogP contribution is -2.42. The van der Waals surface area contributed by atoms with E-state index in [1.165, 1.54) is 0 Å². The van der Waals surface area contributed by atoms with Crippen LogP contribution in [-0.2, 0) is 24.2 Å². The fourth-order valence-electron chi connectivity index (χ4n) is 4.24. The van der Waals surface area contributed by atoms with Gasteiger partial charge in [-0.25, -0.2) is 9.78 Å². The molecule has 0 radical (unpaired) electrons. The van der Waals surface area contributed by atoms with Gasteiger partial charge < -0.3 is 20.3 Å². The maximum Gasteiger partial charge on any atom is 0.326 e. The molecule has 0 saturated heterocycles. The molecule has 0 saturated carbocycles. The standard InChI is InChI=1S/C29H29ClN4O4/c1-4-20-14-22(30)12-18(3)27(20)28(35)33-25(29(36)37)13-19-5-7-21(8-6-19)24-15-23(38-34-24)16-32-26-11-17(2)9-10-31-26/h5-12,14-15,25H,4,13,16H2,1-3H3,(H,31,32)(H,33,35)(H,36,37). The lowest BCUT2D eigenvalue weighted by molar-refractivity contribution is -0.139. The molecule has 0 fully saturated rings. The van der Waals surface area contributed by atoms with Gasteiger partial charge in [-0.3, -0.25) is 4.79 Å². The number of carboxylic acid groups (broad SMARTS) is 1. The van der Waals surface area contributed by atoms with E-state index >= 15 is 0 Å². The van der Waals surface area contributed by atoms with E-state index < -0.39 is 17.9 Å². The molecule has 1 atom stereocenters. The first-order chi connectivity index (χ1) is 18.2. The summed E-state index contributed by atoms with van der Waals surface area (Å²) in [6.07, 6.45) is 2.48. The number of aliphatic carboxylic acids is 1. The molecule has 2 aromatic carbocycles. The van der Waals surface area contributed by atoms with Gasteiger partial charge >= 0.3 is 5.97 Å². The molecule has 4 aromatic rings. The Morgan fingerprint density at radius 3 is 2.53 bits per heavy atom. The summed E-state index contributed by atoms with van der Waals surface area (Å²) in [6, 6.07) is 15.4. The molecule has 0 aliphatic carbocycles. The molecule has 196 valence electrons. The predicted molar refractivity (Wildman–Crippen MR) is 146 cm³/mol. The van der Waals surface area contributed by atoms with Crippen LogP contribution in [0.3, 0.4) is 0 Å². The van der Waals surface area contributed by atoms with Crippen LogP contribution in [0, 0.1) is 13.8 Å². The van der Waals surface area contributed by atoms with Gasteiger partial charge in [0.1, 0.15) is 17.6 Å². The number of halogens is 1. The fraction of sp³-hybridized carbons (Fsp3) is 0.241. The largest absolute Gasteiger partial charge is 0.480 e. The second-order valence-electron chi connectivity index (χ2n) is 9.13. The zero-order chi connectivity index (χ0) is 27.2. The molecule has 9 heteroatoms. The number of hydrogen-bond acceptors (Lipinski definition) is 6. The van der Waals surface area contributed by atoms with Gasteiger partial charge in [0.05, 0.1) is 6.54 Å². The first kappa shape index (κ1) is 26.9. The number of carboxylic acids is 1. The molecule has 1 unspecified atom stereocenters. The minimum absolute atomic E-state index is 0.132. The smallest absolute Gasteiger partial charge is 0.326 e. The Kier molecular flexibility index (Phi) is 8.43. The van der Waals surface area contributed by atoms with Gasteiger partial charge in [-0.2, -0.15) is 0 Å². The summed E-state index contributed by atoms with van der Waals surface area (Å²) < 4.78 is 5.45.